The van der Waals surface area contributed by atoms with E-state index in [1.54, 1.807) is 19.1 Å². The van der Waals surface area contributed by atoms with Crippen molar-refractivity contribution in [2.45, 2.75) is 6.92 Å². The molecule has 2 aromatic rings. The minimum absolute atomic E-state index is 0.0148. The van der Waals surface area contributed by atoms with Gasteiger partial charge in [0, 0.05) is 6.07 Å². The fourth-order valence-corrected chi connectivity index (χ4v) is 2.22. The number of halogens is 1. The van der Waals surface area contributed by atoms with Crippen LogP contribution in [0.25, 0.3) is 0 Å². The number of carboxylic acids is 1. The lowest BCUT2D eigenvalue weighted by Crippen LogP contribution is -2.01. The Morgan fingerprint density at radius 3 is 2.62 bits per heavy atom. The Hall–Kier alpha value is -2.41. The van der Waals surface area contributed by atoms with Crippen LogP contribution in [0.15, 0.2) is 40.9 Å². The van der Waals surface area contributed by atoms with Crippen molar-refractivity contribution in [2.24, 2.45) is 0 Å². The largest absolute Gasteiger partial charge is 0.478 e. The molecule has 0 aliphatic heterocycles. The molecule has 0 heterocycles. The van der Waals surface area contributed by atoms with Crippen LogP contribution in [0, 0.1) is 17.0 Å². The average molecular weight is 352 g/mol. The Kier molecular flexibility index (Phi) is 4.23. The van der Waals surface area contributed by atoms with Crippen molar-refractivity contribution in [1.29, 1.82) is 0 Å². The van der Waals surface area contributed by atoms with E-state index in [1.165, 1.54) is 24.3 Å². The summed E-state index contributed by atoms with van der Waals surface area (Å²) in [6.07, 6.45) is 0. The summed E-state index contributed by atoms with van der Waals surface area (Å²) in [5, 5.41) is 20.0. The number of nitrogens with zero attached hydrogens (tertiary/aromatic N) is 1. The monoisotopic (exact) mass is 351 g/mol. The summed E-state index contributed by atoms with van der Waals surface area (Å²) in [4.78, 5) is 21.5. The highest BCUT2D eigenvalue weighted by atomic mass is 79.9. The number of carboxylic acid groups (broad SMARTS) is 1. The fraction of sp³-hybridized carbons (Fsp3) is 0.0714. The Morgan fingerprint density at radius 1 is 1.29 bits per heavy atom. The predicted molar refractivity (Wildman–Crippen MR) is 79.0 cm³/mol. The van der Waals surface area contributed by atoms with E-state index < -0.39 is 10.9 Å². The van der Waals surface area contributed by atoms with E-state index in [9.17, 15) is 14.9 Å². The zero-order valence-electron chi connectivity index (χ0n) is 10.9. The van der Waals surface area contributed by atoms with Crippen LogP contribution in [0.3, 0.4) is 0 Å². The Labute approximate surface area is 128 Å². The summed E-state index contributed by atoms with van der Waals surface area (Å²) in [7, 11) is 0. The number of rotatable bonds is 4. The van der Waals surface area contributed by atoms with Gasteiger partial charge in [0.05, 0.1) is 4.92 Å². The van der Waals surface area contributed by atoms with Gasteiger partial charge in [-0.3, -0.25) is 10.1 Å². The van der Waals surface area contributed by atoms with Gasteiger partial charge in [-0.05, 0) is 46.6 Å². The van der Waals surface area contributed by atoms with Crippen LogP contribution in [-0.2, 0) is 0 Å². The van der Waals surface area contributed by atoms with E-state index in [2.05, 4.69) is 15.9 Å². The number of nitro benzene ring substituents is 1. The molecule has 0 atom stereocenters. The molecule has 2 aromatic carbocycles. The predicted octanol–water partition coefficient (Wildman–Crippen LogP) is 4.16. The second kappa shape index (κ2) is 5.92. The second-order valence-corrected chi connectivity index (χ2v) is 5.05. The number of hydrogen-bond acceptors (Lipinski definition) is 4. The molecule has 0 bridgehead atoms. The second-order valence-electron chi connectivity index (χ2n) is 4.25. The third kappa shape index (κ3) is 3.19. The lowest BCUT2D eigenvalue weighted by Gasteiger charge is -2.11. The first kappa shape index (κ1) is 15.0. The van der Waals surface area contributed by atoms with E-state index in [-0.39, 0.29) is 27.2 Å². The topological polar surface area (TPSA) is 89.7 Å². The van der Waals surface area contributed by atoms with Crippen LogP contribution in [0.2, 0.25) is 0 Å². The summed E-state index contributed by atoms with van der Waals surface area (Å²) in [6.45, 7) is 1.79. The Balaban J connectivity index is 2.48. The molecule has 0 spiro atoms. The van der Waals surface area contributed by atoms with Gasteiger partial charge in [0.25, 0.3) is 5.69 Å². The highest BCUT2D eigenvalue weighted by Crippen LogP contribution is 2.37. The lowest BCUT2D eigenvalue weighted by atomic mass is 10.1. The maximum atomic E-state index is 11.2. The summed E-state index contributed by atoms with van der Waals surface area (Å²) in [6, 6.07) is 8.95. The van der Waals surface area contributed by atoms with Crippen LogP contribution in [0.5, 0.6) is 11.5 Å². The van der Waals surface area contributed by atoms with Gasteiger partial charge in [-0.1, -0.05) is 12.1 Å². The Morgan fingerprint density at radius 2 is 2.00 bits per heavy atom. The smallest absolute Gasteiger partial charge is 0.339 e. The molecule has 1 N–H and O–H groups in total. The maximum absolute atomic E-state index is 11.2. The van der Waals surface area contributed by atoms with Gasteiger partial charge in [0.1, 0.15) is 21.5 Å². The summed E-state index contributed by atoms with van der Waals surface area (Å²) in [5.41, 5.74) is 0.646. The zero-order valence-corrected chi connectivity index (χ0v) is 12.5. The molecule has 7 heteroatoms. The van der Waals surface area contributed by atoms with Crippen LogP contribution in [-0.4, -0.2) is 16.0 Å². The van der Waals surface area contributed by atoms with Crippen molar-refractivity contribution in [3.05, 3.63) is 62.1 Å². The van der Waals surface area contributed by atoms with Crippen LogP contribution >= 0.6 is 15.9 Å². The SMILES string of the molecule is Cc1ccc(C(=O)O)c(Oc2cccc([N+](=O)[O-])c2Br)c1. The number of aromatic carboxylic acids is 1. The molecule has 0 fully saturated rings. The molecule has 0 unspecified atom stereocenters. The van der Waals surface area contributed by atoms with Crippen molar-refractivity contribution in [3.8, 4) is 11.5 Å². The zero-order chi connectivity index (χ0) is 15.6. The van der Waals surface area contributed by atoms with E-state index in [1.807, 2.05) is 0 Å². The molecule has 21 heavy (non-hydrogen) atoms. The molecule has 0 aromatic heterocycles. The van der Waals surface area contributed by atoms with Gasteiger partial charge < -0.3 is 9.84 Å². The number of nitro groups is 1. The third-order valence-corrected chi connectivity index (χ3v) is 3.52. The molecule has 0 aliphatic rings. The normalized spacial score (nSPS) is 10.2. The highest BCUT2D eigenvalue weighted by Gasteiger charge is 2.18. The van der Waals surface area contributed by atoms with Crippen molar-refractivity contribution in [1.82, 2.24) is 0 Å². The standard InChI is InChI=1S/C14H10BrNO5/c1-8-5-6-9(14(17)18)12(7-8)21-11-4-2-3-10(13(11)15)16(19)20/h2-7H,1H3,(H,17,18). The molecule has 2 rings (SSSR count). The molecule has 0 amide bonds. The van der Waals surface area contributed by atoms with E-state index in [0.29, 0.717) is 0 Å². The van der Waals surface area contributed by atoms with Gasteiger partial charge in [-0.15, -0.1) is 0 Å². The van der Waals surface area contributed by atoms with Crippen molar-refractivity contribution < 1.29 is 19.6 Å². The molecule has 0 aliphatic carbocycles. The first-order valence-corrected chi connectivity index (χ1v) is 6.64. The van der Waals surface area contributed by atoms with Crippen LogP contribution in [0.4, 0.5) is 5.69 Å². The van der Waals surface area contributed by atoms with Gasteiger partial charge in [0.2, 0.25) is 0 Å². The van der Waals surface area contributed by atoms with Crippen molar-refractivity contribution in [3.63, 3.8) is 0 Å². The average Bonchev–Trinajstić information content (AvgIpc) is 2.40. The third-order valence-electron chi connectivity index (χ3n) is 2.73. The molecular formula is C14H10BrNO5. The molecule has 0 radical (unpaired) electrons. The van der Waals surface area contributed by atoms with Gasteiger partial charge >= 0.3 is 5.97 Å². The van der Waals surface area contributed by atoms with Crippen molar-refractivity contribution >= 4 is 27.6 Å². The minimum Gasteiger partial charge on any atom is -0.478 e. The summed E-state index contributed by atoms with van der Waals surface area (Å²) >= 11 is 3.11. The van der Waals surface area contributed by atoms with E-state index >= 15 is 0 Å². The van der Waals surface area contributed by atoms with Crippen LogP contribution < -0.4 is 4.74 Å². The fourth-order valence-electron chi connectivity index (χ4n) is 1.73. The highest BCUT2D eigenvalue weighted by molar-refractivity contribution is 9.10. The van der Waals surface area contributed by atoms with E-state index in [0.717, 1.165) is 5.56 Å². The molecule has 0 saturated heterocycles. The first-order chi connectivity index (χ1) is 9.90. The Bertz CT molecular complexity index is 729. The number of benzene rings is 2. The summed E-state index contributed by atoms with van der Waals surface area (Å²) < 4.78 is 5.70. The van der Waals surface area contributed by atoms with Gasteiger partial charge in [-0.25, -0.2) is 4.79 Å². The summed E-state index contributed by atoms with van der Waals surface area (Å²) in [5.74, 6) is -0.826. The maximum Gasteiger partial charge on any atom is 0.339 e. The first-order valence-electron chi connectivity index (χ1n) is 5.85. The molecular weight excluding hydrogens is 342 g/mol. The minimum atomic E-state index is -1.13. The quantitative estimate of drug-likeness (QED) is 0.659. The molecule has 6 nitrogen and oxygen atoms in total. The number of ether oxygens (including phenoxy) is 1. The van der Waals surface area contributed by atoms with Crippen LogP contribution in [0.1, 0.15) is 15.9 Å². The van der Waals surface area contributed by atoms with Gasteiger partial charge in [-0.2, -0.15) is 0 Å². The van der Waals surface area contributed by atoms with Gasteiger partial charge in [0.15, 0.2) is 0 Å². The molecule has 108 valence electrons. The van der Waals surface area contributed by atoms with E-state index in [4.69, 9.17) is 9.84 Å². The number of carbonyl (C=O) groups is 1. The molecule has 0 saturated carbocycles. The lowest BCUT2D eigenvalue weighted by molar-refractivity contribution is -0.385. The number of hydrogen-bond donors (Lipinski definition) is 1. The van der Waals surface area contributed by atoms with Crippen molar-refractivity contribution in [2.75, 3.05) is 0 Å². The number of aryl methyl sites for hydroxylation is 1.